The molecule has 0 saturated carbocycles. The number of phenols is 1. The Bertz CT molecular complexity index is 555. The van der Waals surface area contributed by atoms with E-state index in [0.717, 1.165) is 12.1 Å². The lowest BCUT2D eigenvalue weighted by Gasteiger charge is -2.13. The summed E-state index contributed by atoms with van der Waals surface area (Å²) in [5.41, 5.74) is -0.327. The first kappa shape index (κ1) is 16.3. The second kappa shape index (κ2) is 7.13. The van der Waals surface area contributed by atoms with Gasteiger partial charge in [0.05, 0.1) is 0 Å². The fraction of sp³-hybridized carbons (Fsp3) is 0.308. The molecule has 8 heteroatoms. The second-order valence-electron chi connectivity index (χ2n) is 4.18. The molecule has 0 aliphatic carbocycles. The highest BCUT2D eigenvalue weighted by Gasteiger charge is 2.21. The zero-order valence-electron chi connectivity index (χ0n) is 11.2. The van der Waals surface area contributed by atoms with Gasteiger partial charge >= 0.3 is 18.0 Å². The number of aromatic hydroxyl groups is 1. The number of aliphatic carboxylic acids is 1. The summed E-state index contributed by atoms with van der Waals surface area (Å²) in [6.07, 6.45) is -1.60. The molecule has 114 valence electrons. The third-order valence-electron chi connectivity index (χ3n) is 2.55. The molecule has 21 heavy (non-hydrogen) atoms. The van der Waals surface area contributed by atoms with E-state index in [0.29, 0.717) is 6.42 Å². The summed E-state index contributed by atoms with van der Waals surface area (Å²) < 4.78 is 4.73. The Balaban J connectivity index is 2.77. The van der Waals surface area contributed by atoms with Crippen molar-refractivity contribution in [3.05, 3.63) is 23.8 Å². The number of ether oxygens (including phenoxy) is 1. The van der Waals surface area contributed by atoms with Crippen LogP contribution in [0.4, 0.5) is 10.5 Å². The summed E-state index contributed by atoms with van der Waals surface area (Å²) in [6.45, 7) is 1.75. The molecule has 1 aromatic rings. The number of benzene rings is 1. The van der Waals surface area contributed by atoms with Crippen molar-refractivity contribution in [3.63, 3.8) is 0 Å². The average Bonchev–Trinajstić information content (AvgIpc) is 2.40. The fourth-order valence-corrected chi connectivity index (χ4v) is 1.56. The molecule has 1 atom stereocenters. The van der Waals surface area contributed by atoms with Gasteiger partial charge in [-0.25, -0.2) is 14.4 Å². The molecule has 1 amide bonds. The van der Waals surface area contributed by atoms with Crippen molar-refractivity contribution in [1.82, 2.24) is 0 Å². The van der Waals surface area contributed by atoms with Crippen LogP contribution in [-0.4, -0.2) is 39.5 Å². The molecule has 8 nitrogen and oxygen atoms in total. The first-order valence-electron chi connectivity index (χ1n) is 6.12. The Hall–Kier alpha value is -2.77. The zero-order valence-corrected chi connectivity index (χ0v) is 11.2. The Kier molecular flexibility index (Phi) is 5.53. The predicted molar refractivity (Wildman–Crippen MR) is 71.5 cm³/mol. The summed E-state index contributed by atoms with van der Waals surface area (Å²) in [5, 5.41) is 29.2. The van der Waals surface area contributed by atoms with Crippen LogP contribution in [0.2, 0.25) is 0 Å². The van der Waals surface area contributed by atoms with Crippen molar-refractivity contribution in [2.75, 3.05) is 5.32 Å². The van der Waals surface area contributed by atoms with Gasteiger partial charge in [0, 0.05) is 5.69 Å². The van der Waals surface area contributed by atoms with Crippen LogP contribution in [0.1, 0.15) is 30.1 Å². The third kappa shape index (κ3) is 4.68. The summed E-state index contributed by atoms with van der Waals surface area (Å²) >= 11 is 0. The highest BCUT2D eigenvalue weighted by atomic mass is 16.6. The summed E-state index contributed by atoms with van der Waals surface area (Å²) in [6, 6.07) is 3.40. The highest BCUT2D eigenvalue weighted by Crippen LogP contribution is 2.21. The molecule has 1 unspecified atom stereocenters. The highest BCUT2D eigenvalue weighted by molar-refractivity contribution is 5.94. The molecular weight excluding hydrogens is 282 g/mol. The zero-order chi connectivity index (χ0) is 16.0. The molecule has 0 aromatic heterocycles. The average molecular weight is 297 g/mol. The Morgan fingerprint density at radius 2 is 1.95 bits per heavy atom. The van der Waals surface area contributed by atoms with Crippen molar-refractivity contribution < 1.29 is 34.4 Å². The van der Waals surface area contributed by atoms with Gasteiger partial charge < -0.3 is 20.1 Å². The maximum atomic E-state index is 11.6. The Morgan fingerprint density at radius 1 is 1.29 bits per heavy atom. The van der Waals surface area contributed by atoms with E-state index < -0.39 is 35.4 Å². The second-order valence-corrected chi connectivity index (χ2v) is 4.18. The van der Waals surface area contributed by atoms with Gasteiger partial charge in [-0.3, -0.25) is 5.32 Å². The van der Waals surface area contributed by atoms with Crippen molar-refractivity contribution in [3.8, 4) is 5.75 Å². The number of nitrogens with one attached hydrogen (secondary N) is 1. The summed E-state index contributed by atoms with van der Waals surface area (Å²) in [4.78, 5) is 33.2. The molecule has 0 saturated heterocycles. The molecule has 1 rings (SSSR count). The maximum absolute atomic E-state index is 11.6. The molecule has 0 fully saturated rings. The number of anilines is 1. The largest absolute Gasteiger partial charge is 0.507 e. The van der Waals surface area contributed by atoms with Crippen molar-refractivity contribution in [2.24, 2.45) is 0 Å². The van der Waals surface area contributed by atoms with Crippen molar-refractivity contribution in [2.45, 2.75) is 25.9 Å². The number of hydrogen-bond acceptors (Lipinski definition) is 5. The monoisotopic (exact) mass is 297 g/mol. The van der Waals surface area contributed by atoms with Crippen LogP contribution in [0.5, 0.6) is 5.75 Å². The van der Waals surface area contributed by atoms with Crippen molar-refractivity contribution in [1.29, 1.82) is 0 Å². The lowest BCUT2D eigenvalue weighted by molar-refractivity contribution is -0.146. The standard InChI is InChI=1S/C13H15NO7/c1-2-3-10(12(18)19)21-13(20)14-7-4-5-9(15)8(6-7)11(16)17/h4-6,10,15H,2-3H2,1H3,(H,14,20)(H,16,17)(H,18,19). The number of carboxylic acid groups (broad SMARTS) is 2. The topological polar surface area (TPSA) is 133 Å². The molecule has 0 radical (unpaired) electrons. The molecule has 0 spiro atoms. The molecule has 0 aliphatic rings. The van der Waals surface area contributed by atoms with E-state index in [2.05, 4.69) is 5.32 Å². The lowest BCUT2D eigenvalue weighted by Crippen LogP contribution is -2.29. The quantitative estimate of drug-likeness (QED) is 0.589. The number of amides is 1. The smallest absolute Gasteiger partial charge is 0.412 e. The van der Waals surface area contributed by atoms with E-state index in [1.165, 1.54) is 6.07 Å². The Labute approximate surface area is 120 Å². The number of carboxylic acids is 2. The molecule has 1 aromatic carbocycles. The van der Waals surface area contributed by atoms with Gasteiger partial charge in [0.1, 0.15) is 11.3 Å². The predicted octanol–water partition coefficient (Wildman–Crippen LogP) is 1.89. The van der Waals surface area contributed by atoms with Gasteiger partial charge in [-0.2, -0.15) is 0 Å². The number of rotatable bonds is 6. The minimum absolute atomic E-state index is 0.0656. The molecule has 0 aliphatic heterocycles. The van der Waals surface area contributed by atoms with Crippen LogP contribution in [0, 0.1) is 0 Å². The molecule has 0 bridgehead atoms. The van der Waals surface area contributed by atoms with Crippen LogP contribution < -0.4 is 5.32 Å². The molecule has 0 heterocycles. The van der Waals surface area contributed by atoms with Crippen LogP contribution in [0.15, 0.2) is 18.2 Å². The number of carbonyl (C=O) groups excluding carboxylic acids is 1. The van der Waals surface area contributed by atoms with E-state index >= 15 is 0 Å². The number of hydrogen-bond donors (Lipinski definition) is 4. The number of carbonyl (C=O) groups is 3. The van der Waals surface area contributed by atoms with Gasteiger partial charge in [-0.1, -0.05) is 13.3 Å². The minimum atomic E-state index is -1.36. The van der Waals surface area contributed by atoms with Gasteiger partial charge in [0.2, 0.25) is 6.10 Å². The summed E-state index contributed by atoms with van der Waals surface area (Å²) in [7, 11) is 0. The van der Waals surface area contributed by atoms with Crippen molar-refractivity contribution >= 4 is 23.7 Å². The van der Waals surface area contributed by atoms with Crippen LogP contribution >= 0.6 is 0 Å². The fourth-order valence-electron chi connectivity index (χ4n) is 1.56. The van der Waals surface area contributed by atoms with E-state index in [1.54, 1.807) is 6.92 Å². The first-order chi connectivity index (χ1) is 9.85. The van der Waals surface area contributed by atoms with Gasteiger partial charge in [-0.15, -0.1) is 0 Å². The first-order valence-corrected chi connectivity index (χ1v) is 6.12. The van der Waals surface area contributed by atoms with E-state index in [4.69, 9.17) is 14.9 Å². The van der Waals surface area contributed by atoms with E-state index in [1.807, 2.05) is 0 Å². The van der Waals surface area contributed by atoms with E-state index in [-0.39, 0.29) is 12.1 Å². The molecular formula is C13H15NO7. The normalized spacial score (nSPS) is 11.5. The van der Waals surface area contributed by atoms with Crippen LogP contribution in [-0.2, 0) is 9.53 Å². The van der Waals surface area contributed by atoms with Gasteiger partial charge in [0.25, 0.3) is 0 Å². The lowest BCUT2D eigenvalue weighted by atomic mass is 10.2. The molecule has 4 N–H and O–H groups in total. The number of aromatic carboxylic acids is 1. The third-order valence-corrected chi connectivity index (χ3v) is 2.55. The van der Waals surface area contributed by atoms with E-state index in [9.17, 15) is 19.5 Å². The van der Waals surface area contributed by atoms with Gasteiger partial charge in [-0.05, 0) is 24.6 Å². The summed E-state index contributed by atoms with van der Waals surface area (Å²) in [5.74, 6) is -3.07. The maximum Gasteiger partial charge on any atom is 0.412 e. The van der Waals surface area contributed by atoms with Gasteiger partial charge in [0.15, 0.2) is 0 Å². The minimum Gasteiger partial charge on any atom is -0.507 e. The Morgan fingerprint density at radius 3 is 2.48 bits per heavy atom. The van der Waals surface area contributed by atoms with Crippen LogP contribution in [0.3, 0.4) is 0 Å². The van der Waals surface area contributed by atoms with Crippen LogP contribution in [0.25, 0.3) is 0 Å². The SMILES string of the molecule is CCCC(OC(=O)Nc1ccc(O)c(C(=O)O)c1)C(=O)O.